The Morgan fingerprint density at radius 3 is 2.21 bits per heavy atom. The maximum atomic E-state index is 11.3. The van der Waals surface area contributed by atoms with Gasteiger partial charge in [0, 0.05) is 5.56 Å². The van der Waals surface area contributed by atoms with Crippen LogP contribution >= 0.6 is 11.8 Å². The minimum Gasteiger partial charge on any atom is -0.508 e. The highest BCUT2D eigenvalue weighted by molar-refractivity contribution is 7.99. The van der Waals surface area contributed by atoms with Gasteiger partial charge in [0.15, 0.2) is 0 Å². The number of phenolic OH excluding ortho intramolecular Hbond substituents is 1. The number of thioether (sulfide) groups is 1. The van der Waals surface area contributed by atoms with Crippen LogP contribution in [0.25, 0.3) is 0 Å². The van der Waals surface area contributed by atoms with E-state index in [9.17, 15) is 15.0 Å². The molecule has 0 saturated carbocycles. The van der Waals surface area contributed by atoms with Crippen LogP contribution in [0.2, 0.25) is 0 Å². The Bertz CT molecular complexity index is 595. The summed E-state index contributed by atoms with van der Waals surface area (Å²) in [6.07, 6.45) is 1.90. The molecule has 0 aliphatic rings. The van der Waals surface area contributed by atoms with E-state index in [2.05, 4.69) is 0 Å². The molecule has 0 saturated heterocycles. The topological polar surface area (TPSA) is 57.5 Å². The third kappa shape index (κ3) is 2.74. The molecule has 2 rings (SSSR count). The first kappa shape index (κ1) is 13.5. The lowest BCUT2D eigenvalue weighted by atomic mass is 9.98. The minimum atomic E-state index is -0.954. The van der Waals surface area contributed by atoms with Crippen LogP contribution in [0.4, 0.5) is 0 Å². The molecule has 4 heteroatoms. The van der Waals surface area contributed by atoms with Crippen LogP contribution in [0, 0.1) is 0 Å². The first-order valence-corrected chi connectivity index (χ1v) is 7.07. The van der Waals surface area contributed by atoms with E-state index in [0.717, 1.165) is 5.56 Å². The summed E-state index contributed by atoms with van der Waals surface area (Å²) in [5.74, 6) is -0.771. The highest BCUT2D eigenvalue weighted by Crippen LogP contribution is 2.39. The summed E-state index contributed by atoms with van der Waals surface area (Å²) in [4.78, 5) is 11.3. The molecular formula is C15H14O3S. The molecule has 2 N–H and O–H groups in total. The summed E-state index contributed by atoms with van der Waals surface area (Å²) < 4.78 is 0. The van der Waals surface area contributed by atoms with Crippen molar-refractivity contribution in [1.82, 2.24) is 0 Å². The Morgan fingerprint density at radius 2 is 1.63 bits per heavy atom. The highest BCUT2D eigenvalue weighted by atomic mass is 32.2. The van der Waals surface area contributed by atoms with Gasteiger partial charge in [0.25, 0.3) is 0 Å². The Hall–Kier alpha value is -1.94. The quantitative estimate of drug-likeness (QED) is 0.895. The number of hydrogen-bond donors (Lipinski definition) is 2. The minimum absolute atomic E-state index is 0.182. The molecule has 0 heterocycles. The van der Waals surface area contributed by atoms with Crippen molar-refractivity contribution >= 4 is 17.7 Å². The van der Waals surface area contributed by atoms with E-state index in [4.69, 9.17) is 0 Å². The van der Waals surface area contributed by atoms with Crippen LogP contribution in [-0.4, -0.2) is 22.4 Å². The number of phenols is 1. The fourth-order valence-electron chi connectivity index (χ4n) is 2.05. The molecule has 0 bridgehead atoms. The van der Waals surface area contributed by atoms with Crippen molar-refractivity contribution in [1.29, 1.82) is 0 Å². The van der Waals surface area contributed by atoms with Gasteiger partial charge in [0.05, 0.1) is 10.8 Å². The molecule has 0 aliphatic carbocycles. The Morgan fingerprint density at radius 1 is 1.05 bits per heavy atom. The van der Waals surface area contributed by atoms with Gasteiger partial charge in [0.1, 0.15) is 5.75 Å². The molecule has 0 radical (unpaired) electrons. The van der Waals surface area contributed by atoms with E-state index in [1.165, 1.54) is 11.8 Å². The summed E-state index contributed by atoms with van der Waals surface area (Å²) in [6, 6.07) is 13.9. The van der Waals surface area contributed by atoms with Crippen LogP contribution < -0.4 is 0 Å². The zero-order chi connectivity index (χ0) is 13.8. The van der Waals surface area contributed by atoms with Gasteiger partial charge in [-0.15, -0.1) is 0 Å². The summed E-state index contributed by atoms with van der Waals surface area (Å²) in [6.45, 7) is 0. The molecule has 0 spiro atoms. The number of aromatic carboxylic acids is 1. The normalized spacial score (nSPS) is 12.1. The number of carbonyl (C=O) groups is 1. The lowest BCUT2D eigenvalue weighted by Crippen LogP contribution is -2.06. The standard InChI is InChI=1S/C15H14O3S/c1-19-14(12-8-4-5-9-13(12)16)10-6-2-3-7-11(10)15(17)18/h2-9,14,16H,1H3,(H,17,18). The van der Waals surface area contributed by atoms with Crippen molar-refractivity contribution in [3.63, 3.8) is 0 Å². The van der Waals surface area contributed by atoms with Crippen molar-refractivity contribution in [2.45, 2.75) is 5.25 Å². The van der Waals surface area contributed by atoms with Crippen LogP contribution in [-0.2, 0) is 0 Å². The van der Waals surface area contributed by atoms with Crippen LogP contribution in [0.15, 0.2) is 48.5 Å². The first-order chi connectivity index (χ1) is 9.15. The molecule has 0 aliphatic heterocycles. The van der Waals surface area contributed by atoms with Crippen LogP contribution in [0.1, 0.15) is 26.7 Å². The zero-order valence-electron chi connectivity index (χ0n) is 10.4. The third-order valence-electron chi connectivity index (χ3n) is 2.93. The van der Waals surface area contributed by atoms with Gasteiger partial charge >= 0.3 is 5.97 Å². The first-order valence-electron chi connectivity index (χ1n) is 5.78. The molecule has 19 heavy (non-hydrogen) atoms. The maximum absolute atomic E-state index is 11.3. The number of carboxylic acids is 1. The second-order valence-corrected chi connectivity index (χ2v) is 5.01. The zero-order valence-corrected chi connectivity index (χ0v) is 11.2. The summed E-state index contributed by atoms with van der Waals surface area (Å²) in [7, 11) is 0. The van der Waals surface area contributed by atoms with E-state index >= 15 is 0 Å². The predicted octanol–water partition coefficient (Wildman–Crippen LogP) is 3.54. The van der Waals surface area contributed by atoms with Crippen molar-refractivity contribution in [3.05, 3.63) is 65.2 Å². The molecule has 2 aromatic carbocycles. The number of carboxylic acid groups (broad SMARTS) is 1. The average Bonchev–Trinajstić information content (AvgIpc) is 2.42. The van der Waals surface area contributed by atoms with Gasteiger partial charge in [-0.25, -0.2) is 4.79 Å². The van der Waals surface area contributed by atoms with E-state index in [0.29, 0.717) is 5.56 Å². The fraction of sp³-hybridized carbons (Fsp3) is 0.133. The van der Waals surface area contributed by atoms with Gasteiger partial charge in [-0.3, -0.25) is 0 Å². The van der Waals surface area contributed by atoms with Crippen LogP contribution in [0.5, 0.6) is 5.75 Å². The van der Waals surface area contributed by atoms with Crippen LogP contribution in [0.3, 0.4) is 0 Å². The second kappa shape index (κ2) is 5.80. The lowest BCUT2D eigenvalue weighted by Gasteiger charge is -2.18. The number of hydrogen-bond acceptors (Lipinski definition) is 3. The number of aromatic hydroxyl groups is 1. The van der Waals surface area contributed by atoms with E-state index in [-0.39, 0.29) is 16.6 Å². The molecule has 2 aromatic rings. The largest absolute Gasteiger partial charge is 0.508 e. The van der Waals surface area contributed by atoms with E-state index in [1.54, 1.807) is 30.3 Å². The van der Waals surface area contributed by atoms with Crippen molar-refractivity contribution in [2.24, 2.45) is 0 Å². The summed E-state index contributed by atoms with van der Waals surface area (Å²) >= 11 is 1.50. The number of benzene rings is 2. The highest BCUT2D eigenvalue weighted by Gasteiger charge is 2.21. The molecule has 0 fully saturated rings. The fourth-order valence-corrected chi connectivity index (χ4v) is 2.96. The average molecular weight is 274 g/mol. The second-order valence-electron chi connectivity index (χ2n) is 4.07. The molecule has 98 valence electrons. The lowest BCUT2D eigenvalue weighted by molar-refractivity contribution is 0.0696. The van der Waals surface area contributed by atoms with Gasteiger partial charge < -0.3 is 10.2 Å². The van der Waals surface area contributed by atoms with Gasteiger partial charge in [-0.1, -0.05) is 36.4 Å². The van der Waals surface area contributed by atoms with Gasteiger partial charge in [-0.05, 0) is 24.0 Å². The SMILES string of the molecule is CSC(c1ccccc1O)c1ccccc1C(=O)O. The van der Waals surface area contributed by atoms with Crippen molar-refractivity contribution < 1.29 is 15.0 Å². The van der Waals surface area contributed by atoms with E-state index in [1.807, 2.05) is 24.5 Å². The molecule has 3 nitrogen and oxygen atoms in total. The predicted molar refractivity (Wildman–Crippen MR) is 76.9 cm³/mol. The van der Waals surface area contributed by atoms with E-state index < -0.39 is 5.97 Å². The van der Waals surface area contributed by atoms with Crippen molar-refractivity contribution in [2.75, 3.05) is 6.26 Å². The molecule has 1 unspecified atom stereocenters. The van der Waals surface area contributed by atoms with Gasteiger partial charge in [0.2, 0.25) is 0 Å². The monoisotopic (exact) mass is 274 g/mol. The Balaban J connectivity index is 2.55. The molecule has 1 atom stereocenters. The number of para-hydroxylation sites is 1. The molecular weight excluding hydrogens is 260 g/mol. The smallest absolute Gasteiger partial charge is 0.336 e. The van der Waals surface area contributed by atoms with Gasteiger partial charge in [-0.2, -0.15) is 11.8 Å². The van der Waals surface area contributed by atoms with Crippen molar-refractivity contribution in [3.8, 4) is 5.75 Å². The molecule has 0 amide bonds. The third-order valence-corrected chi connectivity index (χ3v) is 3.91. The maximum Gasteiger partial charge on any atom is 0.336 e. The Kier molecular flexibility index (Phi) is 4.12. The molecule has 0 aromatic heterocycles. The Labute approximate surface area is 115 Å². The summed E-state index contributed by atoms with van der Waals surface area (Å²) in [5, 5.41) is 19.0. The summed E-state index contributed by atoms with van der Waals surface area (Å²) in [5.41, 5.74) is 1.69. The number of rotatable bonds is 4.